The van der Waals surface area contributed by atoms with E-state index >= 15 is 0 Å². The summed E-state index contributed by atoms with van der Waals surface area (Å²) in [7, 11) is 0. The Hall–Kier alpha value is -2.10. The van der Waals surface area contributed by atoms with Crippen LogP contribution in [-0.4, -0.2) is 4.98 Å². The van der Waals surface area contributed by atoms with Gasteiger partial charge in [0.1, 0.15) is 5.82 Å². The minimum Gasteiger partial charge on any atom is -0.265 e. The second-order valence-corrected chi connectivity index (χ2v) is 3.76. The molecule has 0 spiro atoms. The lowest BCUT2D eigenvalue weighted by molar-refractivity contribution is 0.623. The topological polar surface area (TPSA) is 49.1 Å². The highest BCUT2D eigenvalue weighted by Gasteiger charge is 2.10. The molecule has 17 heavy (non-hydrogen) atoms. The van der Waals surface area contributed by atoms with E-state index in [0.29, 0.717) is 6.42 Å². The van der Waals surface area contributed by atoms with Gasteiger partial charge in [-0.3, -0.25) is 4.98 Å². The van der Waals surface area contributed by atoms with E-state index in [9.17, 15) is 4.39 Å². The predicted molar refractivity (Wildman–Crippen MR) is 62.2 cm³/mol. The molecule has 0 fully saturated rings. The second-order valence-electron chi connectivity index (χ2n) is 3.76. The number of pyridine rings is 1. The molecule has 4 heteroatoms. The van der Waals surface area contributed by atoms with Gasteiger partial charge < -0.3 is 0 Å². The van der Waals surface area contributed by atoms with Crippen LogP contribution in [0.15, 0.2) is 53.9 Å². The molecule has 2 aromatic rings. The van der Waals surface area contributed by atoms with Crippen LogP contribution in [0.3, 0.4) is 0 Å². The summed E-state index contributed by atoms with van der Waals surface area (Å²) in [6, 6.07) is 9.72. The van der Waals surface area contributed by atoms with Crippen LogP contribution in [0.2, 0.25) is 0 Å². The predicted octanol–water partition coefficient (Wildman–Crippen LogP) is 3.54. The first kappa shape index (κ1) is 11.4. The van der Waals surface area contributed by atoms with Crippen molar-refractivity contribution < 1.29 is 4.39 Å². The molecule has 2 rings (SSSR count). The molecule has 0 aliphatic heterocycles. The van der Waals surface area contributed by atoms with Crippen molar-refractivity contribution in [1.82, 2.24) is 4.98 Å². The number of hydrogen-bond donors (Lipinski definition) is 1. The lowest BCUT2D eigenvalue weighted by Gasteiger charge is -2.10. The SMILES string of the molecule is N=NC(Cc1ccc(F)cc1)c1ccncc1. The fourth-order valence-corrected chi connectivity index (χ4v) is 1.67. The van der Waals surface area contributed by atoms with Gasteiger partial charge in [-0.1, -0.05) is 12.1 Å². The minimum atomic E-state index is -0.253. The highest BCUT2D eigenvalue weighted by Crippen LogP contribution is 2.21. The van der Waals surface area contributed by atoms with Crippen LogP contribution in [0.1, 0.15) is 17.2 Å². The number of nitrogens with zero attached hydrogens (tertiary/aromatic N) is 2. The van der Waals surface area contributed by atoms with Gasteiger partial charge in [0.2, 0.25) is 0 Å². The lowest BCUT2D eigenvalue weighted by atomic mass is 10.0. The van der Waals surface area contributed by atoms with Crippen LogP contribution in [0.4, 0.5) is 4.39 Å². The van der Waals surface area contributed by atoms with Crippen LogP contribution in [0.5, 0.6) is 0 Å². The summed E-state index contributed by atoms with van der Waals surface area (Å²) in [5, 5.41) is 3.60. The molecule has 0 saturated heterocycles. The zero-order valence-corrected chi connectivity index (χ0v) is 9.18. The first-order valence-corrected chi connectivity index (χ1v) is 5.30. The summed E-state index contributed by atoms with van der Waals surface area (Å²) < 4.78 is 12.8. The number of halogens is 1. The Morgan fingerprint density at radius 2 is 1.76 bits per heavy atom. The average molecular weight is 229 g/mol. The fraction of sp³-hybridized carbons (Fsp3) is 0.154. The summed E-state index contributed by atoms with van der Waals surface area (Å²) in [4.78, 5) is 3.93. The van der Waals surface area contributed by atoms with E-state index in [1.807, 2.05) is 12.1 Å². The van der Waals surface area contributed by atoms with Gasteiger partial charge in [-0.2, -0.15) is 5.11 Å². The molecule has 86 valence electrons. The normalized spacial score (nSPS) is 12.1. The van der Waals surface area contributed by atoms with E-state index in [1.165, 1.54) is 12.1 Å². The third-order valence-electron chi connectivity index (χ3n) is 2.59. The molecule has 1 N–H and O–H groups in total. The quantitative estimate of drug-likeness (QED) is 0.801. The van der Waals surface area contributed by atoms with Gasteiger partial charge in [0.15, 0.2) is 0 Å². The molecule has 1 aromatic heterocycles. The van der Waals surface area contributed by atoms with E-state index < -0.39 is 0 Å². The van der Waals surface area contributed by atoms with Crippen molar-refractivity contribution >= 4 is 0 Å². The summed E-state index contributed by atoms with van der Waals surface area (Å²) in [6.45, 7) is 0. The Kier molecular flexibility index (Phi) is 3.55. The van der Waals surface area contributed by atoms with Crippen molar-refractivity contribution in [2.75, 3.05) is 0 Å². The summed E-state index contributed by atoms with van der Waals surface area (Å²) in [5.41, 5.74) is 9.13. The summed E-state index contributed by atoms with van der Waals surface area (Å²) >= 11 is 0. The molecule has 3 nitrogen and oxygen atoms in total. The molecule has 0 radical (unpaired) electrons. The number of hydrogen-bond acceptors (Lipinski definition) is 3. The number of nitrogens with one attached hydrogen (secondary N) is 1. The smallest absolute Gasteiger partial charge is 0.123 e. The Morgan fingerprint density at radius 1 is 1.12 bits per heavy atom. The van der Waals surface area contributed by atoms with E-state index in [-0.39, 0.29) is 11.9 Å². The van der Waals surface area contributed by atoms with Gasteiger partial charge in [0.25, 0.3) is 0 Å². The van der Waals surface area contributed by atoms with Crippen molar-refractivity contribution in [2.45, 2.75) is 12.5 Å². The maximum absolute atomic E-state index is 12.8. The number of aromatic nitrogens is 1. The third kappa shape index (κ3) is 2.93. The zero-order chi connectivity index (χ0) is 12.1. The van der Waals surface area contributed by atoms with Gasteiger partial charge in [-0.05, 0) is 35.4 Å². The van der Waals surface area contributed by atoms with Gasteiger partial charge in [-0.15, -0.1) is 0 Å². The molecule has 0 aliphatic rings. The molecule has 1 aromatic carbocycles. The highest BCUT2D eigenvalue weighted by atomic mass is 19.1. The number of benzene rings is 1. The maximum atomic E-state index is 12.8. The minimum absolute atomic E-state index is 0.233. The van der Waals surface area contributed by atoms with Crippen LogP contribution < -0.4 is 0 Å². The molecule has 0 bridgehead atoms. The fourth-order valence-electron chi connectivity index (χ4n) is 1.67. The van der Waals surface area contributed by atoms with E-state index in [0.717, 1.165) is 11.1 Å². The standard InChI is InChI=1S/C13H12FN3/c14-12-3-1-10(2-4-12)9-13(17-15)11-5-7-16-8-6-11/h1-8,13,15H,9H2. The van der Waals surface area contributed by atoms with Crippen LogP contribution >= 0.6 is 0 Å². The molecular formula is C13H12FN3. The van der Waals surface area contributed by atoms with Crippen molar-refractivity contribution in [3.8, 4) is 0 Å². The molecule has 1 atom stereocenters. The molecule has 0 amide bonds. The van der Waals surface area contributed by atoms with E-state index in [1.54, 1.807) is 24.5 Å². The Balaban J connectivity index is 2.16. The Labute approximate surface area is 98.8 Å². The van der Waals surface area contributed by atoms with Crippen LogP contribution in [0.25, 0.3) is 0 Å². The Bertz CT molecular complexity index is 482. The second kappa shape index (κ2) is 5.30. The van der Waals surface area contributed by atoms with E-state index in [4.69, 9.17) is 5.53 Å². The van der Waals surface area contributed by atoms with Gasteiger partial charge in [0.05, 0.1) is 6.04 Å². The first-order valence-electron chi connectivity index (χ1n) is 5.30. The summed E-state index contributed by atoms with van der Waals surface area (Å²) in [5.74, 6) is -0.253. The lowest BCUT2D eigenvalue weighted by Crippen LogP contribution is -1.99. The largest absolute Gasteiger partial charge is 0.265 e. The van der Waals surface area contributed by atoms with Gasteiger partial charge in [0, 0.05) is 18.8 Å². The first-order chi connectivity index (χ1) is 8.29. The molecule has 1 heterocycles. The zero-order valence-electron chi connectivity index (χ0n) is 9.18. The van der Waals surface area contributed by atoms with Crippen molar-refractivity contribution in [2.24, 2.45) is 5.11 Å². The van der Waals surface area contributed by atoms with Crippen molar-refractivity contribution in [3.63, 3.8) is 0 Å². The summed E-state index contributed by atoms with van der Waals surface area (Å²) in [6.07, 6.45) is 3.95. The Morgan fingerprint density at radius 3 is 2.35 bits per heavy atom. The monoisotopic (exact) mass is 229 g/mol. The molecular weight excluding hydrogens is 217 g/mol. The number of rotatable bonds is 4. The maximum Gasteiger partial charge on any atom is 0.123 e. The molecule has 1 unspecified atom stereocenters. The van der Waals surface area contributed by atoms with Crippen LogP contribution in [-0.2, 0) is 6.42 Å². The van der Waals surface area contributed by atoms with Gasteiger partial charge in [-0.25, -0.2) is 9.92 Å². The van der Waals surface area contributed by atoms with Crippen molar-refractivity contribution in [3.05, 3.63) is 65.7 Å². The van der Waals surface area contributed by atoms with Crippen LogP contribution in [0, 0.1) is 11.3 Å². The average Bonchev–Trinajstić information content (AvgIpc) is 2.39. The van der Waals surface area contributed by atoms with E-state index in [2.05, 4.69) is 10.1 Å². The highest BCUT2D eigenvalue weighted by molar-refractivity contribution is 5.22. The third-order valence-corrected chi connectivity index (χ3v) is 2.59. The molecule has 0 saturated carbocycles. The van der Waals surface area contributed by atoms with Gasteiger partial charge >= 0.3 is 0 Å². The van der Waals surface area contributed by atoms with Crippen molar-refractivity contribution in [1.29, 1.82) is 5.53 Å². The molecule has 0 aliphatic carbocycles.